The summed E-state index contributed by atoms with van der Waals surface area (Å²) in [7, 11) is 0. The van der Waals surface area contributed by atoms with Gasteiger partial charge in [0.2, 0.25) is 11.8 Å². The van der Waals surface area contributed by atoms with Crippen LogP contribution in [0.5, 0.6) is 0 Å². The van der Waals surface area contributed by atoms with E-state index in [-0.39, 0.29) is 35.5 Å². The molecule has 2 saturated carbocycles. The molecule has 1 aromatic carbocycles. The number of carbonyl (C=O) groups excluding carboxylic acids is 2. The minimum atomic E-state index is -0.171. The molecule has 3 nitrogen and oxygen atoms in total. The van der Waals surface area contributed by atoms with Crippen molar-refractivity contribution in [3.05, 3.63) is 53.1 Å². The van der Waals surface area contributed by atoms with E-state index in [9.17, 15) is 9.59 Å². The number of anilines is 1. The Morgan fingerprint density at radius 1 is 0.917 bits per heavy atom. The number of imide groups is 1. The smallest absolute Gasteiger partial charge is 0.238 e. The second-order valence-electron chi connectivity index (χ2n) is 7.55. The first-order valence-corrected chi connectivity index (χ1v) is 9.02. The minimum absolute atomic E-state index is 0.00671. The average Bonchev–Trinajstić information content (AvgIpc) is 3.32. The van der Waals surface area contributed by atoms with E-state index in [0.29, 0.717) is 0 Å². The molecular weight excluding hydrogens is 298 g/mol. The molecular formula is C21H21NO2. The lowest BCUT2D eigenvalue weighted by Crippen LogP contribution is -2.33. The lowest BCUT2D eigenvalue weighted by molar-refractivity contribution is -0.122. The Bertz CT molecular complexity index is 777. The number of carbonyl (C=O) groups is 2. The van der Waals surface area contributed by atoms with Crippen molar-refractivity contribution in [2.75, 3.05) is 4.90 Å². The molecule has 3 aliphatic carbocycles. The van der Waals surface area contributed by atoms with Gasteiger partial charge < -0.3 is 0 Å². The zero-order chi connectivity index (χ0) is 16.4. The Labute approximate surface area is 142 Å². The number of rotatable bonds is 1. The zero-order valence-electron chi connectivity index (χ0n) is 13.9. The van der Waals surface area contributed by atoms with Crippen LogP contribution in [0.4, 0.5) is 5.69 Å². The van der Waals surface area contributed by atoms with Gasteiger partial charge in [-0.15, -0.1) is 0 Å². The van der Waals surface area contributed by atoms with E-state index >= 15 is 0 Å². The summed E-state index contributed by atoms with van der Waals surface area (Å²) < 4.78 is 0. The molecule has 1 aromatic rings. The van der Waals surface area contributed by atoms with Crippen molar-refractivity contribution in [1.82, 2.24) is 0 Å². The van der Waals surface area contributed by atoms with E-state index in [4.69, 9.17) is 0 Å². The van der Waals surface area contributed by atoms with Crippen LogP contribution in [-0.4, -0.2) is 11.8 Å². The molecule has 2 amide bonds. The molecule has 1 heterocycles. The number of nitrogens with zero attached hydrogens (tertiary/aromatic N) is 1. The van der Waals surface area contributed by atoms with Gasteiger partial charge in [-0.1, -0.05) is 41.5 Å². The highest BCUT2D eigenvalue weighted by molar-refractivity contribution is 6.23. The minimum Gasteiger partial charge on any atom is -0.274 e. The summed E-state index contributed by atoms with van der Waals surface area (Å²) >= 11 is 0. The Morgan fingerprint density at radius 2 is 1.50 bits per heavy atom. The SMILES string of the molecule is Cc1ccccc1N1C(=O)C2C3C=CC(C3=C3CCCC3)C2C1=O. The van der Waals surface area contributed by atoms with Crippen LogP contribution >= 0.6 is 0 Å². The van der Waals surface area contributed by atoms with Crippen LogP contribution < -0.4 is 4.90 Å². The van der Waals surface area contributed by atoms with Crippen molar-refractivity contribution in [3.63, 3.8) is 0 Å². The van der Waals surface area contributed by atoms with Crippen molar-refractivity contribution in [3.8, 4) is 0 Å². The van der Waals surface area contributed by atoms with Gasteiger partial charge in [0.05, 0.1) is 17.5 Å². The van der Waals surface area contributed by atoms with Crippen LogP contribution in [0, 0.1) is 30.6 Å². The molecule has 3 heteroatoms. The third-order valence-corrected chi connectivity index (χ3v) is 6.39. The fraction of sp³-hybridized carbons (Fsp3) is 0.429. The van der Waals surface area contributed by atoms with E-state index in [0.717, 1.165) is 24.1 Å². The van der Waals surface area contributed by atoms with Crippen molar-refractivity contribution < 1.29 is 9.59 Å². The number of para-hydroxylation sites is 1. The normalized spacial score (nSPS) is 34.0. The van der Waals surface area contributed by atoms with E-state index in [1.165, 1.54) is 28.9 Å². The summed E-state index contributed by atoms with van der Waals surface area (Å²) in [5.41, 5.74) is 4.70. The molecule has 4 atom stereocenters. The van der Waals surface area contributed by atoms with E-state index in [2.05, 4.69) is 12.2 Å². The molecule has 4 aliphatic rings. The van der Waals surface area contributed by atoms with Crippen LogP contribution in [0.3, 0.4) is 0 Å². The quantitative estimate of drug-likeness (QED) is 0.583. The summed E-state index contributed by atoms with van der Waals surface area (Å²) in [6.07, 6.45) is 9.22. The second-order valence-corrected chi connectivity index (χ2v) is 7.55. The summed E-state index contributed by atoms with van der Waals surface area (Å²) in [6, 6.07) is 7.69. The summed E-state index contributed by atoms with van der Waals surface area (Å²) in [5.74, 6) is 0.00189. The van der Waals surface area contributed by atoms with E-state index < -0.39 is 0 Å². The highest BCUT2D eigenvalue weighted by Crippen LogP contribution is 2.58. The number of amides is 2. The predicted molar refractivity (Wildman–Crippen MR) is 92.3 cm³/mol. The second kappa shape index (κ2) is 4.92. The average molecular weight is 319 g/mol. The third-order valence-electron chi connectivity index (χ3n) is 6.39. The van der Waals surface area contributed by atoms with Crippen LogP contribution in [0.1, 0.15) is 31.2 Å². The Hall–Kier alpha value is -2.16. The maximum atomic E-state index is 13.1. The monoisotopic (exact) mass is 319 g/mol. The predicted octanol–water partition coefficient (Wildman–Crippen LogP) is 3.79. The molecule has 1 aliphatic heterocycles. The third kappa shape index (κ3) is 1.68. The van der Waals surface area contributed by atoms with Gasteiger partial charge in [-0.25, -0.2) is 4.90 Å². The first-order chi connectivity index (χ1) is 11.7. The summed E-state index contributed by atoms with van der Waals surface area (Å²) in [5, 5.41) is 0. The zero-order valence-corrected chi connectivity index (χ0v) is 13.9. The van der Waals surface area contributed by atoms with Crippen LogP contribution in [0.15, 0.2) is 47.6 Å². The molecule has 4 unspecified atom stereocenters. The first-order valence-electron chi connectivity index (χ1n) is 9.02. The Morgan fingerprint density at radius 3 is 2.08 bits per heavy atom. The molecule has 1 saturated heterocycles. The molecule has 122 valence electrons. The molecule has 5 rings (SSSR count). The van der Waals surface area contributed by atoms with Crippen molar-refractivity contribution in [1.29, 1.82) is 0 Å². The summed E-state index contributed by atoms with van der Waals surface area (Å²) in [6.45, 7) is 1.96. The molecule has 0 aromatic heterocycles. The molecule has 0 radical (unpaired) electrons. The van der Waals surface area contributed by atoms with Crippen LogP contribution in [0.25, 0.3) is 0 Å². The topological polar surface area (TPSA) is 37.4 Å². The van der Waals surface area contributed by atoms with Crippen molar-refractivity contribution >= 4 is 17.5 Å². The first kappa shape index (κ1) is 14.2. The van der Waals surface area contributed by atoms with Gasteiger partial charge in [0, 0.05) is 11.8 Å². The number of fused-ring (bicyclic) bond motifs is 5. The Kier molecular flexibility index (Phi) is 2.91. The van der Waals surface area contributed by atoms with E-state index in [1.807, 2.05) is 31.2 Å². The van der Waals surface area contributed by atoms with Crippen LogP contribution in [-0.2, 0) is 9.59 Å². The maximum absolute atomic E-state index is 13.1. The van der Waals surface area contributed by atoms with Crippen molar-refractivity contribution in [2.45, 2.75) is 32.6 Å². The largest absolute Gasteiger partial charge is 0.274 e. The van der Waals surface area contributed by atoms with Gasteiger partial charge >= 0.3 is 0 Å². The van der Waals surface area contributed by atoms with Crippen molar-refractivity contribution in [2.24, 2.45) is 23.7 Å². The Balaban J connectivity index is 1.57. The fourth-order valence-electron chi connectivity index (χ4n) is 5.38. The number of hydrogen-bond acceptors (Lipinski definition) is 2. The molecule has 0 spiro atoms. The van der Waals surface area contributed by atoms with Crippen LogP contribution in [0.2, 0.25) is 0 Å². The van der Waals surface area contributed by atoms with E-state index in [1.54, 1.807) is 0 Å². The highest BCUT2D eigenvalue weighted by Gasteiger charge is 2.62. The number of benzene rings is 1. The molecule has 2 bridgehead atoms. The maximum Gasteiger partial charge on any atom is 0.238 e. The fourth-order valence-corrected chi connectivity index (χ4v) is 5.38. The number of aryl methyl sites for hydroxylation is 1. The molecule has 24 heavy (non-hydrogen) atoms. The lowest BCUT2D eigenvalue weighted by Gasteiger charge is -2.21. The highest BCUT2D eigenvalue weighted by atomic mass is 16.2. The number of hydrogen-bond donors (Lipinski definition) is 0. The van der Waals surface area contributed by atoms with Gasteiger partial charge in [-0.3, -0.25) is 9.59 Å². The van der Waals surface area contributed by atoms with Gasteiger partial charge in [0.1, 0.15) is 0 Å². The lowest BCUT2D eigenvalue weighted by atomic mass is 9.85. The standard InChI is InChI=1S/C21H21NO2/c1-12-6-2-5-9-16(12)22-20(23)18-14-10-11-15(19(18)21(22)24)17(14)13-7-3-4-8-13/h2,5-6,9-11,14-15,18-19H,3-4,7-8H2,1H3. The van der Waals surface area contributed by atoms with Gasteiger partial charge in [0.15, 0.2) is 0 Å². The van der Waals surface area contributed by atoms with Gasteiger partial charge in [0.25, 0.3) is 0 Å². The molecule has 0 N–H and O–H groups in total. The van der Waals surface area contributed by atoms with Gasteiger partial charge in [-0.2, -0.15) is 0 Å². The number of allylic oxidation sites excluding steroid dienone is 4. The summed E-state index contributed by atoms with van der Waals surface area (Å²) in [4.78, 5) is 27.8. The molecule has 3 fully saturated rings. The van der Waals surface area contributed by atoms with Gasteiger partial charge in [-0.05, 0) is 44.2 Å².